The van der Waals surface area contributed by atoms with Crippen molar-refractivity contribution < 1.29 is 9.30 Å². The van der Waals surface area contributed by atoms with Crippen molar-refractivity contribution in [3.63, 3.8) is 0 Å². The predicted octanol–water partition coefficient (Wildman–Crippen LogP) is 6.86. The molecule has 0 bridgehead atoms. The minimum atomic E-state index is 0.677. The molecule has 0 unspecified atom stereocenters. The van der Waals surface area contributed by atoms with Crippen LogP contribution in [0, 0.1) is 13.8 Å². The fourth-order valence-corrected chi connectivity index (χ4v) is 5.69. The topological polar surface area (TPSA) is 13.1 Å². The molecule has 6 rings (SSSR count). The molecule has 1 aromatic heterocycles. The maximum Gasteiger partial charge on any atom is 0.228 e. The van der Waals surface area contributed by atoms with E-state index in [4.69, 9.17) is 4.74 Å². The highest BCUT2D eigenvalue weighted by atomic mass is 16.5. The van der Waals surface area contributed by atoms with Gasteiger partial charge in [0, 0.05) is 6.07 Å². The van der Waals surface area contributed by atoms with Crippen LogP contribution < -0.4 is 9.30 Å². The van der Waals surface area contributed by atoms with Crippen molar-refractivity contribution in [1.82, 2.24) is 0 Å². The van der Waals surface area contributed by atoms with E-state index < -0.39 is 0 Å². The van der Waals surface area contributed by atoms with Crippen molar-refractivity contribution in [2.75, 3.05) is 0 Å². The van der Waals surface area contributed by atoms with E-state index in [9.17, 15) is 0 Å². The van der Waals surface area contributed by atoms with E-state index in [1.54, 1.807) is 0 Å². The van der Waals surface area contributed by atoms with Crippen LogP contribution in [-0.2, 0) is 7.05 Å². The van der Waals surface area contributed by atoms with Crippen LogP contribution in [0.4, 0.5) is 0 Å². The summed E-state index contributed by atoms with van der Waals surface area (Å²) >= 11 is 0. The van der Waals surface area contributed by atoms with E-state index in [1.165, 1.54) is 75.2 Å². The van der Waals surface area contributed by atoms with Crippen molar-refractivity contribution >= 4 is 21.5 Å². The van der Waals surface area contributed by atoms with Crippen molar-refractivity contribution in [2.45, 2.75) is 45.4 Å². The minimum Gasteiger partial charge on any atom is -0.455 e. The molecule has 0 radical (unpaired) electrons. The zero-order valence-corrected chi connectivity index (χ0v) is 17.4. The van der Waals surface area contributed by atoms with Crippen LogP contribution in [0.1, 0.15) is 48.3 Å². The molecule has 4 aromatic rings. The fraction of sp³-hybridized carbons (Fsp3) is 0.296. The summed E-state index contributed by atoms with van der Waals surface area (Å²) < 4.78 is 8.98. The summed E-state index contributed by atoms with van der Waals surface area (Å²) in [6, 6.07) is 15.6. The molecule has 0 amide bonds. The monoisotopic (exact) mass is 380 g/mol. The molecule has 2 heterocycles. The van der Waals surface area contributed by atoms with Crippen LogP contribution in [0.25, 0.3) is 32.8 Å². The number of rotatable bonds is 1. The highest BCUT2D eigenvalue weighted by Crippen LogP contribution is 2.51. The molecule has 0 atom stereocenters. The summed E-state index contributed by atoms with van der Waals surface area (Å²) in [4.78, 5) is 0. The maximum atomic E-state index is 6.71. The molecule has 1 fully saturated rings. The Kier molecular flexibility index (Phi) is 3.56. The molecule has 144 valence electrons. The molecule has 0 spiro atoms. The lowest BCUT2D eigenvalue weighted by Crippen LogP contribution is -2.32. The standard InChI is InChI=1S/C27H26NO/c1-16-21-11-7-6-10-19(21)15-23-24(16)26-25-20(12-13-28(26)3)14-22(17(2)27(25)29-23)18-8-4-5-9-18/h6-7,10-15,18H,4-5,8-9H2,1-3H3/q+1. The average Bonchev–Trinajstić information content (AvgIpc) is 3.26. The van der Waals surface area contributed by atoms with Gasteiger partial charge in [-0.15, -0.1) is 0 Å². The van der Waals surface area contributed by atoms with E-state index in [1.807, 2.05) is 0 Å². The predicted molar refractivity (Wildman–Crippen MR) is 119 cm³/mol. The summed E-state index contributed by atoms with van der Waals surface area (Å²) in [7, 11) is 2.16. The number of ether oxygens (including phenoxy) is 1. The fourth-order valence-electron chi connectivity index (χ4n) is 5.69. The molecule has 0 N–H and O–H groups in total. The van der Waals surface area contributed by atoms with Gasteiger partial charge in [-0.05, 0) is 77.6 Å². The molecular weight excluding hydrogens is 354 g/mol. The molecule has 29 heavy (non-hydrogen) atoms. The molecule has 1 saturated carbocycles. The van der Waals surface area contributed by atoms with Crippen molar-refractivity contribution in [3.8, 4) is 22.8 Å². The van der Waals surface area contributed by atoms with Crippen molar-refractivity contribution in [2.24, 2.45) is 7.05 Å². The van der Waals surface area contributed by atoms with Crippen LogP contribution in [-0.4, -0.2) is 0 Å². The summed E-state index contributed by atoms with van der Waals surface area (Å²) in [5, 5.41) is 5.11. The highest BCUT2D eigenvalue weighted by Gasteiger charge is 2.33. The van der Waals surface area contributed by atoms with E-state index in [0.717, 1.165) is 11.5 Å². The number of fused-ring (bicyclic) bond motifs is 3. The first-order valence-corrected chi connectivity index (χ1v) is 10.8. The second-order valence-electron chi connectivity index (χ2n) is 8.84. The van der Waals surface area contributed by atoms with Gasteiger partial charge in [-0.3, -0.25) is 0 Å². The Labute approximate surface area is 171 Å². The van der Waals surface area contributed by atoms with Crippen LogP contribution in [0.3, 0.4) is 0 Å². The molecule has 2 nitrogen and oxygen atoms in total. The van der Waals surface area contributed by atoms with Gasteiger partial charge in [0.05, 0.1) is 10.9 Å². The Morgan fingerprint density at radius 2 is 1.72 bits per heavy atom. The quantitative estimate of drug-likeness (QED) is 0.289. The molecule has 2 heteroatoms. The summed E-state index contributed by atoms with van der Waals surface area (Å²) in [5.74, 6) is 2.73. The first-order valence-electron chi connectivity index (χ1n) is 10.8. The number of pyridine rings is 1. The third-order valence-corrected chi connectivity index (χ3v) is 7.18. The molecule has 2 aliphatic rings. The van der Waals surface area contributed by atoms with E-state index in [2.05, 4.69) is 74.1 Å². The zero-order valence-electron chi connectivity index (χ0n) is 17.4. The normalized spacial score (nSPS) is 15.7. The van der Waals surface area contributed by atoms with Gasteiger partial charge >= 0.3 is 0 Å². The maximum absolute atomic E-state index is 6.71. The third kappa shape index (κ3) is 2.32. The summed E-state index contributed by atoms with van der Waals surface area (Å²) in [5.41, 5.74) is 6.63. The molecule has 0 saturated heterocycles. The first-order chi connectivity index (χ1) is 14.1. The van der Waals surface area contributed by atoms with Gasteiger partial charge in [-0.1, -0.05) is 37.1 Å². The molecule has 1 aliphatic heterocycles. The Morgan fingerprint density at radius 3 is 2.55 bits per heavy atom. The summed E-state index contributed by atoms with van der Waals surface area (Å²) in [6.07, 6.45) is 7.51. The Morgan fingerprint density at radius 1 is 0.931 bits per heavy atom. The van der Waals surface area contributed by atoms with Crippen molar-refractivity contribution in [3.05, 3.63) is 65.4 Å². The SMILES string of the molecule is Cc1c(C2CCCC2)cc2cc[n+](C)c3c2c1Oc1cc2ccccc2c(C)c1-3. The number of hydrogen-bond donors (Lipinski definition) is 0. The lowest BCUT2D eigenvalue weighted by molar-refractivity contribution is -0.659. The Hall–Kier alpha value is -2.87. The van der Waals surface area contributed by atoms with E-state index >= 15 is 0 Å². The largest absolute Gasteiger partial charge is 0.455 e. The first kappa shape index (κ1) is 17.0. The van der Waals surface area contributed by atoms with Gasteiger partial charge in [0.15, 0.2) is 6.20 Å². The number of benzene rings is 3. The molecular formula is C27H26NO+. The van der Waals surface area contributed by atoms with Gasteiger partial charge < -0.3 is 4.74 Å². The van der Waals surface area contributed by atoms with E-state index in [0.29, 0.717) is 5.92 Å². The Balaban J connectivity index is 1.73. The van der Waals surface area contributed by atoms with E-state index in [-0.39, 0.29) is 0 Å². The van der Waals surface area contributed by atoms with Crippen LogP contribution in [0.2, 0.25) is 0 Å². The van der Waals surface area contributed by atoms with Crippen molar-refractivity contribution in [1.29, 1.82) is 0 Å². The Bertz CT molecular complexity index is 1310. The van der Waals surface area contributed by atoms with Gasteiger partial charge in [0.2, 0.25) is 5.69 Å². The lowest BCUT2D eigenvalue weighted by atomic mass is 9.86. The number of nitrogens with zero attached hydrogens (tertiary/aromatic N) is 1. The molecule has 1 aliphatic carbocycles. The van der Waals surface area contributed by atoms with Gasteiger partial charge in [-0.2, -0.15) is 0 Å². The number of aromatic nitrogens is 1. The average molecular weight is 381 g/mol. The van der Waals surface area contributed by atoms with Gasteiger partial charge in [-0.25, -0.2) is 4.57 Å². The summed E-state index contributed by atoms with van der Waals surface area (Å²) in [6.45, 7) is 4.49. The van der Waals surface area contributed by atoms with Gasteiger partial charge in [0.25, 0.3) is 0 Å². The van der Waals surface area contributed by atoms with Crippen LogP contribution in [0.5, 0.6) is 11.5 Å². The smallest absolute Gasteiger partial charge is 0.228 e. The third-order valence-electron chi connectivity index (χ3n) is 7.18. The second-order valence-corrected chi connectivity index (χ2v) is 8.84. The zero-order chi connectivity index (χ0) is 19.7. The number of hydrogen-bond acceptors (Lipinski definition) is 1. The lowest BCUT2D eigenvalue weighted by Gasteiger charge is -2.25. The van der Waals surface area contributed by atoms with Gasteiger partial charge in [0.1, 0.15) is 18.5 Å². The molecule has 3 aromatic carbocycles. The van der Waals surface area contributed by atoms with Crippen LogP contribution in [0.15, 0.2) is 48.7 Å². The second kappa shape index (κ2) is 6.06. The number of aryl methyl sites for hydroxylation is 2. The highest BCUT2D eigenvalue weighted by molar-refractivity contribution is 6.06. The minimum absolute atomic E-state index is 0.677. The van der Waals surface area contributed by atoms with Crippen LogP contribution >= 0.6 is 0 Å².